The van der Waals surface area contributed by atoms with Crippen molar-refractivity contribution in [1.82, 2.24) is 0 Å². The van der Waals surface area contributed by atoms with Gasteiger partial charge >= 0.3 is 11.9 Å². The highest BCUT2D eigenvalue weighted by Crippen LogP contribution is 2.47. The summed E-state index contributed by atoms with van der Waals surface area (Å²) in [5, 5.41) is 3.07. The van der Waals surface area contributed by atoms with Crippen LogP contribution >= 0.6 is 27.3 Å². The van der Waals surface area contributed by atoms with Gasteiger partial charge in [0.25, 0.3) is 5.91 Å². The lowest BCUT2D eigenvalue weighted by Gasteiger charge is -2.16. The van der Waals surface area contributed by atoms with E-state index >= 15 is 0 Å². The fourth-order valence-electron chi connectivity index (χ4n) is 3.69. The second-order valence-corrected chi connectivity index (χ2v) is 8.61. The molecule has 9 nitrogen and oxygen atoms in total. The lowest BCUT2D eigenvalue weighted by Crippen LogP contribution is -2.18. The van der Waals surface area contributed by atoms with Gasteiger partial charge in [0.05, 0.1) is 57.1 Å². The quantitative estimate of drug-likeness (QED) is 0.541. The van der Waals surface area contributed by atoms with Crippen molar-refractivity contribution in [3.8, 4) is 17.2 Å². The van der Waals surface area contributed by atoms with E-state index in [9.17, 15) is 14.4 Å². The first-order valence-corrected chi connectivity index (χ1v) is 11.0. The highest BCUT2D eigenvalue weighted by molar-refractivity contribution is 9.10. The third-order valence-electron chi connectivity index (χ3n) is 5.15. The Hall–Kier alpha value is -2.79. The number of anilines is 1. The van der Waals surface area contributed by atoms with Crippen molar-refractivity contribution in [1.29, 1.82) is 0 Å². The number of carbonyl (C=O) groups is 3. The molecule has 0 saturated carbocycles. The maximum atomic E-state index is 13.2. The number of aryl methyl sites for hydroxylation is 1. The molecule has 11 heteroatoms. The van der Waals surface area contributed by atoms with Crippen LogP contribution in [-0.2, 0) is 20.7 Å². The van der Waals surface area contributed by atoms with E-state index in [4.69, 9.17) is 23.7 Å². The molecular weight excluding hydrogens is 506 g/mol. The first-order chi connectivity index (χ1) is 15.3. The van der Waals surface area contributed by atoms with Gasteiger partial charge in [-0.05, 0) is 40.4 Å². The molecule has 1 N–H and O–H groups in total. The number of halogens is 1. The van der Waals surface area contributed by atoms with Crippen molar-refractivity contribution >= 4 is 50.1 Å². The van der Waals surface area contributed by atoms with Crippen LogP contribution in [0.1, 0.15) is 43.5 Å². The summed E-state index contributed by atoms with van der Waals surface area (Å²) in [6.07, 6.45) is 1.12. The van der Waals surface area contributed by atoms with E-state index in [1.54, 1.807) is 0 Å². The second kappa shape index (κ2) is 9.78. The average Bonchev–Trinajstić information content (AvgIpc) is 3.36. The number of amides is 1. The number of ether oxygens (including phenoxy) is 5. The molecule has 0 unspecified atom stereocenters. The zero-order chi connectivity index (χ0) is 23.6. The summed E-state index contributed by atoms with van der Waals surface area (Å²) in [7, 11) is 6.89. The monoisotopic (exact) mass is 527 g/mol. The summed E-state index contributed by atoms with van der Waals surface area (Å²) in [6.45, 7) is 0. The Bertz CT molecular complexity index is 1080. The van der Waals surface area contributed by atoms with Gasteiger partial charge in [0.2, 0.25) is 5.75 Å². The maximum Gasteiger partial charge on any atom is 0.341 e. The van der Waals surface area contributed by atoms with Crippen LogP contribution in [0.15, 0.2) is 10.5 Å². The zero-order valence-electron chi connectivity index (χ0n) is 18.1. The third kappa shape index (κ3) is 4.02. The summed E-state index contributed by atoms with van der Waals surface area (Å²) in [4.78, 5) is 38.9. The van der Waals surface area contributed by atoms with Gasteiger partial charge in [-0.1, -0.05) is 0 Å². The van der Waals surface area contributed by atoms with Gasteiger partial charge in [-0.15, -0.1) is 11.3 Å². The van der Waals surface area contributed by atoms with Gasteiger partial charge in [0.15, 0.2) is 11.5 Å². The smallest absolute Gasteiger partial charge is 0.341 e. The SMILES string of the molecule is COC(=O)c1c(NC(=O)c2cc(OC)c(OC)c(OC)c2Br)sc2c1[C@@H](C(=O)OC)CC2. The Morgan fingerprint density at radius 1 is 1.03 bits per heavy atom. The van der Waals surface area contributed by atoms with Crippen molar-refractivity contribution in [2.45, 2.75) is 18.8 Å². The summed E-state index contributed by atoms with van der Waals surface area (Å²) in [5.41, 5.74) is 0.915. The van der Waals surface area contributed by atoms with E-state index in [2.05, 4.69) is 21.2 Å². The fourth-order valence-corrected chi connectivity index (χ4v) is 5.59. The number of hydrogen-bond donors (Lipinski definition) is 1. The van der Waals surface area contributed by atoms with E-state index in [1.807, 2.05) is 0 Å². The molecule has 172 valence electrons. The topological polar surface area (TPSA) is 109 Å². The Morgan fingerprint density at radius 2 is 1.72 bits per heavy atom. The van der Waals surface area contributed by atoms with Crippen LogP contribution < -0.4 is 19.5 Å². The van der Waals surface area contributed by atoms with Gasteiger partial charge in [-0.25, -0.2) is 4.79 Å². The molecule has 1 amide bonds. The molecule has 0 bridgehead atoms. The molecular formula is C21H22BrNO8S. The number of nitrogens with one attached hydrogen (secondary N) is 1. The molecule has 0 spiro atoms. The normalized spacial score (nSPS) is 14.4. The maximum absolute atomic E-state index is 13.2. The van der Waals surface area contributed by atoms with Gasteiger partial charge in [-0.2, -0.15) is 0 Å². The number of thiophene rings is 1. The molecule has 1 aromatic carbocycles. The number of fused-ring (bicyclic) bond motifs is 1. The van der Waals surface area contributed by atoms with Crippen molar-refractivity contribution in [3.63, 3.8) is 0 Å². The number of esters is 2. The van der Waals surface area contributed by atoms with E-state index < -0.39 is 23.8 Å². The summed E-state index contributed by atoms with van der Waals surface area (Å²) in [6, 6.07) is 1.50. The molecule has 32 heavy (non-hydrogen) atoms. The lowest BCUT2D eigenvalue weighted by atomic mass is 9.99. The molecule has 3 rings (SSSR count). The molecule has 2 aromatic rings. The largest absolute Gasteiger partial charge is 0.493 e. The van der Waals surface area contributed by atoms with E-state index in [0.29, 0.717) is 39.4 Å². The van der Waals surface area contributed by atoms with E-state index in [0.717, 1.165) is 4.88 Å². The van der Waals surface area contributed by atoms with Crippen LogP contribution in [0.3, 0.4) is 0 Å². The molecule has 1 heterocycles. The Kier molecular flexibility index (Phi) is 7.29. The number of methoxy groups -OCH3 is 5. The highest BCUT2D eigenvalue weighted by atomic mass is 79.9. The molecule has 1 aliphatic rings. The van der Waals surface area contributed by atoms with Crippen molar-refractivity contribution in [3.05, 3.63) is 32.1 Å². The minimum absolute atomic E-state index is 0.164. The molecule has 1 aromatic heterocycles. The number of benzene rings is 1. The molecule has 0 radical (unpaired) electrons. The Labute approximate surface area is 197 Å². The predicted molar refractivity (Wildman–Crippen MR) is 120 cm³/mol. The van der Waals surface area contributed by atoms with Gasteiger partial charge in [0, 0.05) is 4.88 Å². The lowest BCUT2D eigenvalue weighted by molar-refractivity contribution is -0.142. The first kappa shape index (κ1) is 23.9. The zero-order valence-corrected chi connectivity index (χ0v) is 20.5. The van der Waals surface area contributed by atoms with Gasteiger partial charge in [0.1, 0.15) is 5.00 Å². The molecule has 0 aliphatic heterocycles. The summed E-state index contributed by atoms with van der Waals surface area (Å²) in [5.74, 6) is -1.27. The van der Waals surface area contributed by atoms with Crippen LogP contribution in [0.25, 0.3) is 0 Å². The van der Waals surface area contributed by atoms with Gasteiger partial charge < -0.3 is 29.0 Å². The predicted octanol–water partition coefficient (Wildman–Crippen LogP) is 3.78. The summed E-state index contributed by atoms with van der Waals surface area (Å²) >= 11 is 4.62. The minimum atomic E-state index is -0.641. The van der Waals surface area contributed by atoms with Crippen LogP contribution in [0, 0.1) is 0 Å². The fraction of sp³-hybridized carbons (Fsp3) is 0.381. The molecule has 1 aliphatic carbocycles. The number of rotatable bonds is 7. The molecule has 1 atom stereocenters. The number of hydrogen-bond acceptors (Lipinski definition) is 9. The molecule has 0 saturated heterocycles. The number of carbonyl (C=O) groups excluding carboxylic acids is 3. The van der Waals surface area contributed by atoms with Crippen LogP contribution in [0.4, 0.5) is 5.00 Å². The van der Waals surface area contributed by atoms with Crippen LogP contribution in [0.2, 0.25) is 0 Å². The standard InChI is InChI=1S/C21H22BrNO8S/c1-27-11-8-10(15(22)17(29-3)16(11)28-2)18(24)23-19-14(21(26)31-5)13-9(20(25)30-4)6-7-12(13)32-19/h8-9H,6-7H2,1-5H3,(H,23,24)/t9-/m0/s1. The van der Waals surface area contributed by atoms with Crippen LogP contribution in [-0.4, -0.2) is 53.4 Å². The van der Waals surface area contributed by atoms with E-state index in [1.165, 1.54) is 53.0 Å². The Balaban J connectivity index is 2.06. The summed E-state index contributed by atoms with van der Waals surface area (Å²) < 4.78 is 26.2. The van der Waals surface area contributed by atoms with Crippen molar-refractivity contribution in [2.75, 3.05) is 40.9 Å². The van der Waals surface area contributed by atoms with Crippen LogP contribution in [0.5, 0.6) is 17.2 Å². The third-order valence-corrected chi connectivity index (χ3v) is 7.11. The van der Waals surface area contributed by atoms with Crippen molar-refractivity contribution < 1.29 is 38.1 Å². The average molecular weight is 528 g/mol. The second-order valence-electron chi connectivity index (χ2n) is 6.71. The highest BCUT2D eigenvalue weighted by Gasteiger charge is 2.38. The first-order valence-electron chi connectivity index (χ1n) is 9.44. The minimum Gasteiger partial charge on any atom is -0.493 e. The molecule has 0 fully saturated rings. The Morgan fingerprint density at radius 3 is 2.28 bits per heavy atom. The van der Waals surface area contributed by atoms with Crippen molar-refractivity contribution in [2.24, 2.45) is 0 Å². The van der Waals surface area contributed by atoms with E-state index in [-0.39, 0.29) is 16.9 Å². The van der Waals surface area contributed by atoms with Gasteiger partial charge in [-0.3, -0.25) is 9.59 Å².